The number of hydrogen-bond donors (Lipinski definition) is 0. The number of para-hydroxylation sites is 1. The molecule has 1 heterocycles. The fourth-order valence-corrected chi connectivity index (χ4v) is 3.73. The minimum atomic E-state index is -3.71. The summed E-state index contributed by atoms with van der Waals surface area (Å²) in [4.78, 5) is 11.9. The predicted octanol–water partition coefficient (Wildman–Crippen LogP) is 3.08. The van der Waals surface area contributed by atoms with Crippen LogP contribution in [0.2, 0.25) is 0 Å². The number of rotatable bonds is 3. The highest BCUT2D eigenvalue weighted by Gasteiger charge is 2.21. The molecule has 0 bridgehead atoms. The van der Waals surface area contributed by atoms with Crippen LogP contribution in [0.15, 0.2) is 65.7 Å². The molecule has 0 aliphatic heterocycles. The summed E-state index contributed by atoms with van der Waals surface area (Å²) >= 11 is 0. The highest BCUT2D eigenvalue weighted by atomic mass is 32.2. The van der Waals surface area contributed by atoms with Gasteiger partial charge in [-0.2, -0.15) is 0 Å². The Hall–Kier alpha value is -2.40. The average Bonchev–Trinajstić information content (AvgIpc) is 2.88. The van der Waals surface area contributed by atoms with E-state index >= 15 is 0 Å². The molecule has 0 amide bonds. The number of carbonyl (C=O) groups excluding carboxylic acids is 1. The number of benzene rings is 2. The summed E-state index contributed by atoms with van der Waals surface area (Å²) < 4.78 is 26.6. The van der Waals surface area contributed by atoms with Crippen LogP contribution in [-0.2, 0) is 10.0 Å². The Morgan fingerprint density at radius 2 is 1.57 bits per heavy atom. The molecule has 0 aliphatic carbocycles. The van der Waals surface area contributed by atoms with Gasteiger partial charge in [0.2, 0.25) is 0 Å². The molecule has 3 rings (SSSR count). The molecule has 0 spiro atoms. The molecular weight excluding hydrogens is 286 g/mol. The van der Waals surface area contributed by atoms with Crippen molar-refractivity contribution in [2.24, 2.45) is 0 Å². The predicted molar refractivity (Wildman–Crippen MR) is 81.0 cm³/mol. The third-order valence-electron chi connectivity index (χ3n) is 3.36. The second-order valence-corrected chi connectivity index (χ2v) is 6.54. The molecule has 0 atom stereocenters. The summed E-state index contributed by atoms with van der Waals surface area (Å²) in [6.45, 7) is 1.43. The van der Waals surface area contributed by atoms with E-state index in [4.69, 9.17) is 0 Å². The quantitative estimate of drug-likeness (QED) is 0.698. The zero-order valence-corrected chi connectivity index (χ0v) is 12.2. The number of carbonyl (C=O) groups is 1. The number of Topliss-reactive ketones (excluding diaryl/α,β-unsaturated/α-hetero) is 1. The van der Waals surface area contributed by atoms with Crippen molar-refractivity contribution < 1.29 is 13.2 Å². The van der Waals surface area contributed by atoms with Gasteiger partial charge in [-0.05, 0) is 25.1 Å². The number of ketones is 1. The SMILES string of the molecule is CC(=O)c1cn(S(=O)(=O)c2ccccc2)c2ccccc12. The molecule has 0 saturated heterocycles. The van der Waals surface area contributed by atoms with E-state index < -0.39 is 10.0 Å². The van der Waals surface area contributed by atoms with Crippen LogP contribution in [0.5, 0.6) is 0 Å². The van der Waals surface area contributed by atoms with E-state index in [-0.39, 0.29) is 10.7 Å². The first-order valence-corrected chi connectivity index (χ1v) is 7.87. The third kappa shape index (κ3) is 2.15. The van der Waals surface area contributed by atoms with Crippen molar-refractivity contribution in [3.63, 3.8) is 0 Å². The van der Waals surface area contributed by atoms with Crippen LogP contribution in [-0.4, -0.2) is 18.2 Å². The number of nitrogens with zero attached hydrogens (tertiary/aromatic N) is 1. The maximum absolute atomic E-state index is 12.7. The van der Waals surface area contributed by atoms with E-state index in [1.165, 1.54) is 29.2 Å². The molecule has 0 fully saturated rings. The Morgan fingerprint density at radius 3 is 2.24 bits per heavy atom. The highest BCUT2D eigenvalue weighted by molar-refractivity contribution is 7.90. The molecule has 0 N–H and O–H groups in total. The van der Waals surface area contributed by atoms with Crippen LogP contribution >= 0.6 is 0 Å². The summed E-state index contributed by atoms with van der Waals surface area (Å²) in [5, 5.41) is 0.643. The van der Waals surface area contributed by atoms with Gasteiger partial charge in [-0.1, -0.05) is 36.4 Å². The van der Waals surface area contributed by atoms with Gasteiger partial charge in [0.05, 0.1) is 10.4 Å². The van der Waals surface area contributed by atoms with Gasteiger partial charge in [0.25, 0.3) is 10.0 Å². The van der Waals surface area contributed by atoms with Crippen LogP contribution < -0.4 is 0 Å². The van der Waals surface area contributed by atoms with E-state index in [0.29, 0.717) is 16.5 Å². The Morgan fingerprint density at radius 1 is 0.952 bits per heavy atom. The van der Waals surface area contributed by atoms with E-state index in [9.17, 15) is 13.2 Å². The molecule has 0 radical (unpaired) electrons. The van der Waals surface area contributed by atoms with Crippen molar-refractivity contribution in [2.45, 2.75) is 11.8 Å². The van der Waals surface area contributed by atoms with Crippen molar-refractivity contribution in [3.8, 4) is 0 Å². The second-order valence-electron chi connectivity index (χ2n) is 4.73. The highest BCUT2D eigenvalue weighted by Crippen LogP contribution is 2.26. The van der Waals surface area contributed by atoms with Gasteiger partial charge in [0.15, 0.2) is 5.78 Å². The van der Waals surface area contributed by atoms with Crippen LogP contribution in [0, 0.1) is 0 Å². The Balaban J connectivity index is 2.34. The fourth-order valence-electron chi connectivity index (χ4n) is 2.34. The first-order chi connectivity index (χ1) is 10.0. The summed E-state index contributed by atoms with van der Waals surface area (Å²) in [6.07, 6.45) is 1.40. The molecule has 1 aromatic heterocycles. The smallest absolute Gasteiger partial charge is 0.268 e. The minimum absolute atomic E-state index is 0.159. The molecule has 2 aromatic carbocycles. The molecule has 0 unspecified atom stereocenters. The van der Waals surface area contributed by atoms with Gasteiger partial charge < -0.3 is 0 Å². The maximum atomic E-state index is 12.7. The van der Waals surface area contributed by atoms with Gasteiger partial charge in [-0.3, -0.25) is 4.79 Å². The van der Waals surface area contributed by atoms with Crippen molar-refractivity contribution in [1.82, 2.24) is 3.97 Å². The third-order valence-corrected chi connectivity index (χ3v) is 5.05. The van der Waals surface area contributed by atoms with E-state index in [2.05, 4.69) is 0 Å². The lowest BCUT2D eigenvalue weighted by molar-refractivity contribution is 0.101. The molecule has 0 saturated carbocycles. The normalized spacial score (nSPS) is 11.7. The van der Waals surface area contributed by atoms with E-state index in [1.54, 1.807) is 42.5 Å². The van der Waals surface area contributed by atoms with Crippen molar-refractivity contribution in [1.29, 1.82) is 0 Å². The number of hydrogen-bond acceptors (Lipinski definition) is 3. The molecule has 4 nitrogen and oxygen atoms in total. The van der Waals surface area contributed by atoms with Gasteiger partial charge in [0.1, 0.15) is 0 Å². The maximum Gasteiger partial charge on any atom is 0.268 e. The van der Waals surface area contributed by atoms with Gasteiger partial charge in [-0.15, -0.1) is 0 Å². The lowest BCUT2D eigenvalue weighted by Crippen LogP contribution is -2.11. The monoisotopic (exact) mass is 299 g/mol. The lowest BCUT2D eigenvalue weighted by Gasteiger charge is -2.07. The summed E-state index contributed by atoms with van der Waals surface area (Å²) in [5.74, 6) is -0.159. The largest absolute Gasteiger partial charge is 0.294 e. The van der Waals surface area contributed by atoms with Crippen LogP contribution in [0.25, 0.3) is 10.9 Å². The Labute approximate surface area is 122 Å². The second kappa shape index (κ2) is 4.86. The summed E-state index contributed by atoms with van der Waals surface area (Å²) in [7, 11) is -3.71. The molecule has 5 heteroatoms. The summed E-state index contributed by atoms with van der Waals surface area (Å²) in [6, 6.07) is 15.2. The van der Waals surface area contributed by atoms with Crippen molar-refractivity contribution in [3.05, 3.63) is 66.4 Å². The molecule has 21 heavy (non-hydrogen) atoms. The van der Waals surface area contributed by atoms with E-state index in [0.717, 1.165) is 0 Å². The summed E-state index contributed by atoms with van der Waals surface area (Å²) in [5.41, 5.74) is 0.914. The molecule has 106 valence electrons. The Bertz CT molecular complexity index is 925. The van der Waals surface area contributed by atoms with E-state index in [1.807, 2.05) is 0 Å². The van der Waals surface area contributed by atoms with Crippen LogP contribution in [0.3, 0.4) is 0 Å². The lowest BCUT2D eigenvalue weighted by atomic mass is 10.1. The van der Waals surface area contributed by atoms with Crippen molar-refractivity contribution in [2.75, 3.05) is 0 Å². The standard InChI is InChI=1S/C16H13NO3S/c1-12(18)15-11-17(16-10-6-5-9-14(15)16)21(19,20)13-7-3-2-4-8-13/h2-11H,1H3. The first-order valence-electron chi connectivity index (χ1n) is 6.43. The van der Waals surface area contributed by atoms with Crippen molar-refractivity contribution >= 4 is 26.7 Å². The topological polar surface area (TPSA) is 56.1 Å². The first kappa shape index (κ1) is 13.6. The number of aromatic nitrogens is 1. The number of fused-ring (bicyclic) bond motifs is 1. The van der Waals surface area contributed by atoms with Gasteiger partial charge in [0, 0.05) is 17.1 Å². The van der Waals surface area contributed by atoms with Crippen LogP contribution in [0.1, 0.15) is 17.3 Å². The zero-order chi connectivity index (χ0) is 15.0. The van der Waals surface area contributed by atoms with Gasteiger partial charge in [-0.25, -0.2) is 12.4 Å². The minimum Gasteiger partial charge on any atom is -0.294 e. The Kier molecular flexibility index (Phi) is 3.14. The molecular formula is C16H13NO3S. The zero-order valence-electron chi connectivity index (χ0n) is 11.4. The molecule has 0 aliphatic rings. The molecule has 3 aromatic rings. The van der Waals surface area contributed by atoms with Crippen LogP contribution in [0.4, 0.5) is 0 Å². The average molecular weight is 299 g/mol. The fraction of sp³-hybridized carbons (Fsp3) is 0.0625. The van der Waals surface area contributed by atoms with Gasteiger partial charge >= 0.3 is 0 Å².